The number of amides is 1. The van der Waals surface area contributed by atoms with Crippen molar-refractivity contribution in [2.45, 2.75) is 37.6 Å². The zero-order valence-electron chi connectivity index (χ0n) is 9.21. The van der Waals surface area contributed by atoms with Crippen LogP contribution in [-0.2, 0) is 11.2 Å². The number of hydrogen-bond donors (Lipinski definition) is 1. The maximum Gasteiger partial charge on any atom is 0.236 e. The second kappa shape index (κ2) is 5.12. The number of thiophene rings is 1. The van der Waals surface area contributed by atoms with Crippen molar-refractivity contribution in [3.8, 4) is 0 Å². The Morgan fingerprint density at radius 1 is 1.67 bits per heavy atom. The maximum atomic E-state index is 11.6. The van der Waals surface area contributed by atoms with Crippen LogP contribution in [0.15, 0.2) is 16.8 Å². The zero-order chi connectivity index (χ0) is 11.5. The largest absolute Gasteiger partial charge is 0.352 e. The van der Waals surface area contributed by atoms with Gasteiger partial charge in [-0.1, -0.05) is 15.9 Å². The SMILES string of the molecule is CC(Cc1ccsc1)NC(=O)C(C)(C)Br. The highest BCUT2D eigenvalue weighted by Gasteiger charge is 2.24. The first-order chi connectivity index (χ1) is 6.89. The van der Waals surface area contributed by atoms with Crippen molar-refractivity contribution in [1.82, 2.24) is 5.32 Å². The number of halogens is 1. The molecular formula is C11H16BrNOS. The molecule has 1 N–H and O–H groups in total. The predicted octanol–water partition coefficient (Wildman–Crippen LogP) is 2.97. The van der Waals surface area contributed by atoms with E-state index in [1.807, 2.05) is 20.8 Å². The Balaban J connectivity index is 2.43. The van der Waals surface area contributed by atoms with Crippen LogP contribution in [0.2, 0.25) is 0 Å². The Hall–Kier alpha value is -0.350. The second-order valence-electron chi connectivity index (χ2n) is 4.18. The summed E-state index contributed by atoms with van der Waals surface area (Å²) >= 11 is 5.02. The number of nitrogens with one attached hydrogen (secondary N) is 1. The molecule has 0 aliphatic carbocycles. The van der Waals surface area contributed by atoms with Crippen LogP contribution in [0.4, 0.5) is 0 Å². The summed E-state index contributed by atoms with van der Waals surface area (Å²) in [6, 6.07) is 2.26. The van der Waals surface area contributed by atoms with Crippen LogP contribution >= 0.6 is 27.3 Å². The van der Waals surface area contributed by atoms with Crippen LogP contribution in [0.1, 0.15) is 26.3 Å². The van der Waals surface area contributed by atoms with E-state index in [0.717, 1.165) is 6.42 Å². The molecule has 1 heterocycles. The van der Waals surface area contributed by atoms with E-state index in [0.29, 0.717) is 0 Å². The molecule has 1 rings (SSSR count). The highest BCUT2D eigenvalue weighted by atomic mass is 79.9. The lowest BCUT2D eigenvalue weighted by molar-refractivity contribution is -0.123. The van der Waals surface area contributed by atoms with Crippen molar-refractivity contribution in [2.75, 3.05) is 0 Å². The Labute approximate surface area is 103 Å². The third kappa shape index (κ3) is 4.34. The van der Waals surface area contributed by atoms with Crippen LogP contribution in [0.5, 0.6) is 0 Å². The summed E-state index contributed by atoms with van der Waals surface area (Å²) in [6.45, 7) is 5.72. The highest BCUT2D eigenvalue weighted by molar-refractivity contribution is 9.10. The third-order valence-corrected chi connectivity index (χ3v) is 3.13. The molecule has 84 valence electrons. The van der Waals surface area contributed by atoms with Crippen molar-refractivity contribution in [1.29, 1.82) is 0 Å². The van der Waals surface area contributed by atoms with Crippen molar-refractivity contribution < 1.29 is 4.79 Å². The van der Waals surface area contributed by atoms with Crippen LogP contribution in [-0.4, -0.2) is 16.3 Å². The van der Waals surface area contributed by atoms with E-state index in [4.69, 9.17) is 0 Å². The summed E-state index contributed by atoms with van der Waals surface area (Å²) in [5.41, 5.74) is 1.28. The first kappa shape index (κ1) is 12.7. The Morgan fingerprint density at radius 3 is 2.80 bits per heavy atom. The summed E-state index contributed by atoms with van der Waals surface area (Å²) in [6.07, 6.45) is 0.887. The molecule has 0 aliphatic heterocycles. The molecular weight excluding hydrogens is 274 g/mol. The van der Waals surface area contributed by atoms with Crippen LogP contribution < -0.4 is 5.32 Å². The Morgan fingerprint density at radius 2 is 2.33 bits per heavy atom. The van der Waals surface area contributed by atoms with Gasteiger partial charge in [0, 0.05) is 6.04 Å². The third-order valence-electron chi connectivity index (χ3n) is 2.04. The zero-order valence-corrected chi connectivity index (χ0v) is 11.6. The van der Waals surface area contributed by atoms with Crippen molar-refractivity contribution in [3.63, 3.8) is 0 Å². The first-order valence-electron chi connectivity index (χ1n) is 4.90. The minimum atomic E-state index is -0.490. The number of carbonyl (C=O) groups is 1. The quantitative estimate of drug-likeness (QED) is 0.849. The minimum Gasteiger partial charge on any atom is -0.352 e. The van der Waals surface area contributed by atoms with Gasteiger partial charge in [-0.3, -0.25) is 4.79 Å². The van der Waals surface area contributed by atoms with E-state index in [9.17, 15) is 4.79 Å². The minimum absolute atomic E-state index is 0.0326. The molecule has 1 aromatic rings. The molecule has 15 heavy (non-hydrogen) atoms. The molecule has 4 heteroatoms. The summed E-state index contributed by atoms with van der Waals surface area (Å²) in [5.74, 6) is 0.0326. The standard InChI is InChI=1S/C11H16BrNOS/c1-8(6-9-4-5-15-7-9)13-10(14)11(2,3)12/h4-5,7-8H,6H2,1-3H3,(H,13,14). The molecule has 1 amide bonds. The smallest absolute Gasteiger partial charge is 0.236 e. The number of alkyl halides is 1. The summed E-state index contributed by atoms with van der Waals surface area (Å²) in [4.78, 5) is 11.6. The number of rotatable bonds is 4. The first-order valence-corrected chi connectivity index (χ1v) is 6.64. The molecule has 0 radical (unpaired) electrons. The van der Waals surface area contributed by atoms with Gasteiger partial charge in [-0.25, -0.2) is 0 Å². The lowest BCUT2D eigenvalue weighted by Gasteiger charge is -2.20. The van der Waals surface area contributed by atoms with Crippen LogP contribution in [0, 0.1) is 0 Å². The topological polar surface area (TPSA) is 29.1 Å². The van der Waals surface area contributed by atoms with Gasteiger partial charge in [0.05, 0.1) is 4.32 Å². The van der Waals surface area contributed by atoms with Crippen molar-refractivity contribution >= 4 is 33.2 Å². The van der Waals surface area contributed by atoms with Gasteiger partial charge in [0.2, 0.25) is 5.91 Å². The Bertz CT molecular complexity index is 316. The molecule has 1 atom stereocenters. The lowest BCUT2D eigenvalue weighted by Crippen LogP contribution is -2.43. The van der Waals surface area contributed by atoms with Gasteiger partial charge in [-0.15, -0.1) is 0 Å². The van der Waals surface area contributed by atoms with Crippen LogP contribution in [0.25, 0.3) is 0 Å². The molecule has 1 unspecified atom stereocenters. The van der Waals surface area contributed by atoms with Crippen molar-refractivity contribution in [3.05, 3.63) is 22.4 Å². The van der Waals surface area contributed by atoms with Gasteiger partial charge in [0.1, 0.15) is 0 Å². The molecule has 0 bridgehead atoms. The molecule has 0 aromatic carbocycles. The maximum absolute atomic E-state index is 11.6. The van der Waals surface area contributed by atoms with Gasteiger partial charge in [-0.2, -0.15) is 11.3 Å². The summed E-state index contributed by atoms with van der Waals surface area (Å²) in [5, 5.41) is 7.14. The van der Waals surface area contributed by atoms with E-state index in [-0.39, 0.29) is 11.9 Å². The normalized spacial score (nSPS) is 13.6. The highest BCUT2D eigenvalue weighted by Crippen LogP contribution is 2.16. The van der Waals surface area contributed by atoms with Gasteiger partial charge in [0.15, 0.2) is 0 Å². The van der Waals surface area contributed by atoms with E-state index < -0.39 is 4.32 Å². The fourth-order valence-corrected chi connectivity index (χ4v) is 2.00. The summed E-state index contributed by atoms with van der Waals surface area (Å²) in [7, 11) is 0. The molecule has 0 aliphatic rings. The van der Waals surface area contributed by atoms with Gasteiger partial charge in [0.25, 0.3) is 0 Å². The molecule has 0 saturated carbocycles. The van der Waals surface area contributed by atoms with E-state index >= 15 is 0 Å². The molecule has 2 nitrogen and oxygen atoms in total. The summed E-state index contributed by atoms with van der Waals surface area (Å²) < 4.78 is -0.490. The predicted molar refractivity (Wildman–Crippen MR) is 68.6 cm³/mol. The molecule has 1 aromatic heterocycles. The molecule has 0 spiro atoms. The van der Waals surface area contributed by atoms with E-state index in [1.54, 1.807) is 11.3 Å². The number of carbonyl (C=O) groups excluding carboxylic acids is 1. The average Bonchev–Trinajstić information content (AvgIpc) is 2.54. The fourth-order valence-electron chi connectivity index (χ4n) is 1.21. The molecule has 0 saturated heterocycles. The molecule has 0 fully saturated rings. The Kier molecular flexibility index (Phi) is 4.34. The second-order valence-corrected chi connectivity index (χ2v) is 6.95. The van der Waals surface area contributed by atoms with Crippen molar-refractivity contribution in [2.24, 2.45) is 0 Å². The van der Waals surface area contributed by atoms with Gasteiger partial charge >= 0.3 is 0 Å². The van der Waals surface area contributed by atoms with Gasteiger partial charge in [-0.05, 0) is 49.6 Å². The number of hydrogen-bond acceptors (Lipinski definition) is 2. The van der Waals surface area contributed by atoms with E-state index in [1.165, 1.54) is 5.56 Å². The fraction of sp³-hybridized carbons (Fsp3) is 0.545. The average molecular weight is 290 g/mol. The van der Waals surface area contributed by atoms with Crippen LogP contribution in [0.3, 0.4) is 0 Å². The van der Waals surface area contributed by atoms with E-state index in [2.05, 4.69) is 38.1 Å². The van der Waals surface area contributed by atoms with Gasteiger partial charge < -0.3 is 5.32 Å². The lowest BCUT2D eigenvalue weighted by atomic mass is 10.1. The monoisotopic (exact) mass is 289 g/mol.